The SMILES string of the molecule is Cc1nc(=S)nc(NC(=O)OCc2ccccc2)[nH]1. The molecule has 1 aromatic heterocycles. The van der Waals surface area contributed by atoms with E-state index in [9.17, 15) is 4.79 Å². The highest BCUT2D eigenvalue weighted by molar-refractivity contribution is 7.71. The molecular formula is C12H12N4O2S. The number of nitrogens with zero attached hydrogens (tertiary/aromatic N) is 2. The van der Waals surface area contributed by atoms with Crippen LogP contribution < -0.4 is 5.32 Å². The summed E-state index contributed by atoms with van der Waals surface area (Å²) in [6.07, 6.45) is -0.604. The summed E-state index contributed by atoms with van der Waals surface area (Å²) in [5, 5.41) is 2.46. The van der Waals surface area contributed by atoms with Crippen molar-refractivity contribution in [1.29, 1.82) is 0 Å². The molecular weight excluding hydrogens is 264 g/mol. The van der Waals surface area contributed by atoms with Crippen LogP contribution in [0.25, 0.3) is 0 Å². The number of carbonyl (C=O) groups is 1. The van der Waals surface area contributed by atoms with Gasteiger partial charge in [0.15, 0.2) is 0 Å². The third kappa shape index (κ3) is 4.14. The summed E-state index contributed by atoms with van der Waals surface area (Å²) in [7, 11) is 0. The first kappa shape index (κ1) is 13.2. The Morgan fingerprint density at radius 3 is 2.79 bits per heavy atom. The number of hydrogen-bond acceptors (Lipinski definition) is 5. The van der Waals surface area contributed by atoms with Gasteiger partial charge in [0.2, 0.25) is 10.7 Å². The molecule has 7 heteroatoms. The average molecular weight is 276 g/mol. The number of aryl methyl sites for hydroxylation is 1. The second-order valence-electron chi connectivity index (χ2n) is 3.75. The summed E-state index contributed by atoms with van der Waals surface area (Å²) in [4.78, 5) is 22.1. The monoisotopic (exact) mass is 276 g/mol. The molecule has 2 N–H and O–H groups in total. The fourth-order valence-corrected chi connectivity index (χ4v) is 1.63. The van der Waals surface area contributed by atoms with Crippen LogP contribution in [0.4, 0.5) is 10.7 Å². The van der Waals surface area contributed by atoms with Crippen molar-refractivity contribution in [3.63, 3.8) is 0 Å². The number of amides is 1. The van der Waals surface area contributed by atoms with E-state index in [-0.39, 0.29) is 17.3 Å². The van der Waals surface area contributed by atoms with E-state index in [4.69, 9.17) is 17.0 Å². The molecule has 0 fully saturated rings. The Hall–Kier alpha value is -2.28. The molecule has 98 valence electrons. The molecule has 1 heterocycles. The maximum absolute atomic E-state index is 11.6. The van der Waals surface area contributed by atoms with E-state index < -0.39 is 6.09 Å². The average Bonchev–Trinajstić information content (AvgIpc) is 2.36. The van der Waals surface area contributed by atoms with Crippen molar-refractivity contribution in [3.8, 4) is 0 Å². The van der Waals surface area contributed by atoms with Gasteiger partial charge < -0.3 is 9.72 Å². The highest BCUT2D eigenvalue weighted by Crippen LogP contribution is 2.03. The molecule has 0 bridgehead atoms. The lowest BCUT2D eigenvalue weighted by Crippen LogP contribution is -2.16. The van der Waals surface area contributed by atoms with Crippen LogP contribution in [0.2, 0.25) is 0 Å². The van der Waals surface area contributed by atoms with Crippen molar-refractivity contribution in [2.24, 2.45) is 0 Å². The maximum atomic E-state index is 11.6. The van der Waals surface area contributed by atoms with Gasteiger partial charge in [-0.3, -0.25) is 5.32 Å². The predicted molar refractivity (Wildman–Crippen MR) is 72.2 cm³/mol. The van der Waals surface area contributed by atoms with Crippen molar-refractivity contribution < 1.29 is 9.53 Å². The highest BCUT2D eigenvalue weighted by Gasteiger charge is 2.05. The smallest absolute Gasteiger partial charge is 0.414 e. The van der Waals surface area contributed by atoms with E-state index >= 15 is 0 Å². The van der Waals surface area contributed by atoms with Crippen LogP contribution in [-0.2, 0) is 11.3 Å². The van der Waals surface area contributed by atoms with Gasteiger partial charge in [0.05, 0.1) is 0 Å². The Bertz CT molecular complexity index is 627. The van der Waals surface area contributed by atoms with Gasteiger partial charge in [-0.25, -0.2) is 9.78 Å². The molecule has 0 spiro atoms. The van der Waals surface area contributed by atoms with Crippen molar-refractivity contribution in [3.05, 3.63) is 46.5 Å². The Balaban J connectivity index is 1.92. The lowest BCUT2D eigenvalue weighted by Gasteiger charge is -2.06. The summed E-state index contributed by atoms with van der Waals surface area (Å²) < 4.78 is 5.21. The van der Waals surface area contributed by atoms with Crippen molar-refractivity contribution in [1.82, 2.24) is 15.0 Å². The fraction of sp³-hybridized carbons (Fsp3) is 0.167. The van der Waals surface area contributed by atoms with Crippen molar-refractivity contribution in [2.75, 3.05) is 5.32 Å². The molecule has 19 heavy (non-hydrogen) atoms. The minimum atomic E-state index is -0.604. The third-order valence-electron chi connectivity index (χ3n) is 2.20. The van der Waals surface area contributed by atoms with Gasteiger partial charge in [-0.05, 0) is 24.7 Å². The summed E-state index contributed by atoms with van der Waals surface area (Å²) in [6, 6.07) is 9.39. The number of rotatable bonds is 3. The number of anilines is 1. The number of hydrogen-bond donors (Lipinski definition) is 2. The molecule has 0 unspecified atom stereocenters. The summed E-state index contributed by atoms with van der Waals surface area (Å²) >= 11 is 4.85. The number of aromatic amines is 1. The van der Waals surface area contributed by atoms with E-state index in [1.165, 1.54) is 0 Å². The van der Waals surface area contributed by atoms with Crippen LogP contribution in [0.5, 0.6) is 0 Å². The zero-order chi connectivity index (χ0) is 13.7. The lowest BCUT2D eigenvalue weighted by molar-refractivity contribution is 0.155. The number of ether oxygens (including phenoxy) is 1. The molecule has 0 aliphatic carbocycles. The van der Waals surface area contributed by atoms with E-state index in [2.05, 4.69) is 20.3 Å². The molecule has 0 saturated carbocycles. The number of aromatic nitrogens is 3. The lowest BCUT2D eigenvalue weighted by atomic mass is 10.2. The van der Waals surface area contributed by atoms with E-state index in [1.807, 2.05) is 30.3 Å². The molecule has 0 atom stereocenters. The van der Waals surface area contributed by atoms with Crippen LogP contribution in [0, 0.1) is 11.7 Å². The summed E-state index contributed by atoms with van der Waals surface area (Å²) in [5.74, 6) is 0.786. The molecule has 1 amide bonds. The topological polar surface area (TPSA) is 79.9 Å². The van der Waals surface area contributed by atoms with Crippen LogP contribution in [-0.4, -0.2) is 21.0 Å². The Labute approximate surface area is 114 Å². The number of carbonyl (C=O) groups excluding carboxylic acids is 1. The van der Waals surface area contributed by atoms with Crippen LogP contribution in [0.15, 0.2) is 30.3 Å². The summed E-state index contributed by atoms with van der Waals surface area (Å²) in [6.45, 7) is 1.91. The Morgan fingerprint density at radius 1 is 1.37 bits per heavy atom. The first-order valence-corrected chi connectivity index (χ1v) is 5.97. The minimum Gasteiger partial charge on any atom is -0.444 e. The van der Waals surface area contributed by atoms with Gasteiger partial charge in [-0.1, -0.05) is 30.3 Å². The van der Waals surface area contributed by atoms with Gasteiger partial charge >= 0.3 is 6.09 Å². The largest absolute Gasteiger partial charge is 0.444 e. The highest BCUT2D eigenvalue weighted by atomic mass is 32.1. The fourth-order valence-electron chi connectivity index (χ4n) is 1.41. The zero-order valence-electron chi connectivity index (χ0n) is 10.2. The molecule has 6 nitrogen and oxygen atoms in total. The molecule has 0 aliphatic rings. The molecule has 2 aromatic rings. The van der Waals surface area contributed by atoms with Crippen molar-refractivity contribution in [2.45, 2.75) is 13.5 Å². The first-order chi connectivity index (χ1) is 9.13. The predicted octanol–water partition coefficient (Wildman–Crippen LogP) is 2.59. The van der Waals surface area contributed by atoms with Gasteiger partial charge in [0, 0.05) is 0 Å². The van der Waals surface area contributed by atoms with E-state index in [1.54, 1.807) is 6.92 Å². The molecule has 2 rings (SSSR count). The minimum absolute atomic E-state index is 0.162. The van der Waals surface area contributed by atoms with Gasteiger partial charge in [0.1, 0.15) is 12.4 Å². The first-order valence-electron chi connectivity index (χ1n) is 5.56. The van der Waals surface area contributed by atoms with Gasteiger partial charge in [-0.2, -0.15) is 4.98 Å². The Kier molecular flexibility index (Phi) is 4.19. The van der Waals surface area contributed by atoms with Gasteiger partial charge in [0.25, 0.3) is 0 Å². The van der Waals surface area contributed by atoms with Crippen LogP contribution >= 0.6 is 12.2 Å². The second-order valence-corrected chi connectivity index (χ2v) is 4.12. The van der Waals surface area contributed by atoms with E-state index in [0.29, 0.717) is 5.82 Å². The molecule has 0 saturated heterocycles. The zero-order valence-corrected chi connectivity index (χ0v) is 11.0. The number of nitrogens with one attached hydrogen (secondary N) is 2. The molecule has 0 aliphatic heterocycles. The second kappa shape index (κ2) is 6.05. The normalized spacial score (nSPS) is 9.95. The number of H-pyrrole nitrogens is 1. The molecule has 1 aromatic carbocycles. The summed E-state index contributed by atoms with van der Waals surface area (Å²) in [5.41, 5.74) is 0.907. The number of benzene rings is 1. The van der Waals surface area contributed by atoms with Crippen LogP contribution in [0.3, 0.4) is 0 Å². The third-order valence-corrected chi connectivity index (χ3v) is 2.39. The maximum Gasteiger partial charge on any atom is 0.414 e. The molecule has 0 radical (unpaired) electrons. The Morgan fingerprint density at radius 2 is 2.11 bits per heavy atom. The standard InChI is InChI=1S/C12H12N4O2S/c1-8-13-10(15-11(19)14-8)16-12(17)18-7-9-5-3-2-4-6-9/h2-6H,7H2,1H3,(H2,13,14,15,16,17,19). The van der Waals surface area contributed by atoms with E-state index in [0.717, 1.165) is 5.56 Å². The van der Waals surface area contributed by atoms with Gasteiger partial charge in [-0.15, -0.1) is 0 Å². The van der Waals surface area contributed by atoms with Crippen LogP contribution in [0.1, 0.15) is 11.4 Å². The van der Waals surface area contributed by atoms with Crippen molar-refractivity contribution >= 4 is 24.3 Å². The quantitative estimate of drug-likeness (QED) is 0.842.